The van der Waals surface area contributed by atoms with Gasteiger partial charge < -0.3 is 18.3 Å². The molecule has 382 valence electrons. The van der Waals surface area contributed by atoms with Crippen LogP contribution < -0.4 is 0 Å². The second-order valence-corrected chi connectivity index (χ2v) is 21.5. The Labute approximate surface area is 472 Å². The third-order valence-corrected chi connectivity index (χ3v) is 16.9. The molecule has 17 aromatic rings. The third kappa shape index (κ3) is 7.10. The second kappa shape index (κ2) is 18.3. The minimum Gasteiger partial charge on any atom is -0.309 e. The Morgan fingerprint density at radius 1 is 0.183 bits per heavy atom. The zero-order valence-electron chi connectivity index (χ0n) is 44.5. The van der Waals surface area contributed by atoms with Gasteiger partial charge in [0.15, 0.2) is 0 Å². The molecule has 0 aliphatic heterocycles. The molecule has 5 heteroatoms. The molecule has 0 unspecified atom stereocenters. The predicted molar refractivity (Wildman–Crippen MR) is 343 cm³/mol. The van der Waals surface area contributed by atoms with Crippen LogP contribution in [0, 0.1) is 0 Å². The van der Waals surface area contributed by atoms with Gasteiger partial charge in [0.2, 0.25) is 0 Å². The number of hydrogen-bond donors (Lipinski definition) is 0. The van der Waals surface area contributed by atoms with Crippen LogP contribution in [0.5, 0.6) is 0 Å². The standard InChI is InChI=1S/C77H49N5/c1-5-22-50(23-6-1)54-42-55(51-24-7-2-8-25-51)44-58(43-54)82-69-37-18-14-33-61(69)65-48-64-60-32-13-17-36-68(60)80(74(64)49-75(65)82)57-31-21-30-56(45-57)79-70-38-19-15-34-62(70)76-72(79)40-41-73-77(76)63-35-16-20-39-71(63)81(73)59-46-66(52-26-9-3-10-27-52)78-67(47-59)53-28-11-4-12-29-53/h1-49H. The maximum atomic E-state index is 5.27. The van der Waals surface area contributed by atoms with E-state index in [2.05, 4.69) is 316 Å². The van der Waals surface area contributed by atoms with Crippen molar-refractivity contribution in [2.45, 2.75) is 0 Å². The fraction of sp³-hybridized carbons (Fsp3) is 0. The first kappa shape index (κ1) is 46.0. The first-order chi connectivity index (χ1) is 40.7. The van der Waals surface area contributed by atoms with Crippen molar-refractivity contribution in [3.8, 4) is 67.5 Å². The SMILES string of the molecule is c1ccc(-c2cc(-c3ccccc3)cc(-n3c4ccccc4c4cc5c6ccccc6n(-c6cccc(-n7c8ccccc8c8c9c%10ccccc%10n(-c%10cc(-c%11ccccc%11)nc(-c%11ccccc%11)c%10)c9ccc87)c6)c5cc43)c2)cc1. The zero-order valence-corrected chi connectivity index (χ0v) is 44.5. The summed E-state index contributed by atoms with van der Waals surface area (Å²) in [4.78, 5) is 5.27. The number of aromatic nitrogens is 5. The summed E-state index contributed by atoms with van der Waals surface area (Å²) in [5, 5.41) is 9.76. The van der Waals surface area contributed by atoms with E-state index in [9.17, 15) is 0 Å². The van der Waals surface area contributed by atoms with Gasteiger partial charge in [-0.3, -0.25) is 0 Å². The van der Waals surface area contributed by atoms with Crippen LogP contribution in [0.2, 0.25) is 0 Å². The number of hydrogen-bond acceptors (Lipinski definition) is 1. The van der Waals surface area contributed by atoms with E-state index in [1.165, 1.54) is 70.9 Å². The molecule has 0 saturated heterocycles. The molecule has 0 bridgehead atoms. The van der Waals surface area contributed by atoms with E-state index in [0.29, 0.717) is 0 Å². The molecule has 0 amide bonds. The number of nitrogens with zero attached hydrogens (tertiary/aromatic N) is 5. The molecule has 0 aliphatic carbocycles. The molecule has 5 aromatic heterocycles. The van der Waals surface area contributed by atoms with Gasteiger partial charge in [0, 0.05) is 71.3 Å². The summed E-state index contributed by atoms with van der Waals surface area (Å²) in [6.07, 6.45) is 0. The van der Waals surface area contributed by atoms with Crippen LogP contribution in [0.4, 0.5) is 0 Å². The number of benzene rings is 12. The van der Waals surface area contributed by atoms with Crippen LogP contribution in [0.3, 0.4) is 0 Å². The average Bonchev–Trinajstić information content (AvgIpc) is 4.32. The Morgan fingerprint density at radius 3 is 1.00 bits per heavy atom. The molecule has 5 heterocycles. The maximum absolute atomic E-state index is 5.27. The predicted octanol–water partition coefficient (Wildman–Crippen LogP) is 20.1. The van der Waals surface area contributed by atoms with Crippen molar-refractivity contribution in [1.29, 1.82) is 0 Å². The van der Waals surface area contributed by atoms with E-state index in [1.54, 1.807) is 0 Å². The Kier molecular flexibility index (Phi) is 10.2. The number of fused-ring (bicyclic) bond motifs is 13. The van der Waals surface area contributed by atoms with Gasteiger partial charge in [-0.15, -0.1) is 0 Å². The Hall–Kier alpha value is -11.0. The van der Waals surface area contributed by atoms with E-state index in [-0.39, 0.29) is 0 Å². The first-order valence-electron chi connectivity index (χ1n) is 28.1. The van der Waals surface area contributed by atoms with Crippen LogP contribution in [0.1, 0.15) is 0 Å². The summed E-state index contributed by atoms with van der Waals surface area (Å²) in [5.74, 6) is 0. The highest BCUT2D eigenvalue weighted by Gasteiger charge is 2.24. The van der Waals surface area contributed by atoms with Crippen LogP contribution in [0.15, 0.2) is 297 Å². The van der Waals surface area contributed by atoms with Crippen LogP contribution >= 0.6 is 0 Å². The number of para-hydroxylation sites is 4. The molecule has 0 fully saturated rings. The first-order valence-corrected chi connectivity index (χ1v) is 28.1. The van der Waals surface area contributed by atoms with Crippen molar-refractivity contribution in [3.05, 3.63) is 297 Å². The lowest BCUT2D eigenvalue weighted by Gasteiger charge is -2.15. The molecular weight excluding hydrogens is 995 g/mol. The lowest BCUT2D eigenvalue weighted by molar-refractivity contribution is 1.13. The second-order valence-electron chi connectivity index (χ2n) is 21.5. The molecule has 12 aromatic carbocycles. The lowest BCUT2D eigenvalue weighted by atomic mass is 9.98. The Morgan fingerprint density at radius 2 is 0.537 bits per heavy atom. The van der Waals surface area contributed by atoms with E-state index >= 15 is 0 Å². The van der Waals surface area contributed by atoms with Crippen molar-refractivity contribution in [1.82, 2.24) is 23.3 Å². The molecular formula is C77H49N5. The Balaban J connectivity index is 0.881. The third-order valence-electron chi connectivity index (χ3n) is 16.9. The molecule has 5 nitrogen and oxygen atoms in total. The summed E-state index contributed by atoms with van der Waals surface area (Å²) in [5.41, 5.74) is 22.3. The van der Waals surface area contributed by atoms with Crippen LogP contribution in [-0.2, 0) is 0 Å². The summed E-state index contributed by atoms with van der Waals surface area (Å²) in [6.45, 7) is 0. The molecule has 17 rings (SSSR count). The molecule has 0 saturated carbocycles. The molecule has 0 aliphatic rings. The van der Waals surface area contributed by atoms with Gasteiger partial charge in [0.1, 0.15) is 0 Å². The zero-order chi connectivity index (χ0) is 53.8. The molecule has 82 heavy (non-hydrogen) atoms. The normalized spacial score (nSPS) is 11.9. The summed E-state index contributed by atoms with van der Waals surface area (Å²) < 4.78 is 9.88. The highest BCUT2D eigenvalue weighted by Crippen LogP contribution is 2.45. The van der Waals surface area contributed by atoms with E-state index in [0.717, 1.165) is 83.9 Å². The molecule has 0 spiro atoms. The summed E-state index contributed by atoms with van der Waals surface area (Å²) in [6, 6.07) is 108. The average molecular weight is 1040 g/mol. The van der Waals surface area contributed by atoms with Crippen LogP contribution in [0.25, 0.3) is 155 Å². The van der Waals surface area contributed by atoms with Crippen molar-refractivity contribution in [2.24, 2.45) is 0 Å². The van der Waals surface area contributed by atoms with E-state index in [1.807, 2.05) is 0 Å². The fourth-order valence-corrected chi connectivity index (χ4v) is 13.3. The quantitative estimate of drug-likeness (QED) is 0.149. The molecule has 0 atom stereocenters. The van der Waals surface area contributed by atoms with Crippen LogP contribution in [-0.4, -0.2) is 23.3 Å². The van der Waals surface area contributed by atoms with E-state index in [4.69, 9.17) is 4.98 Å². The van der Waals surface area contributed by atoms with Crippen molar-refractivity contribution in [3.63, 3.8) is 0 Å². The molecule has 0 radical (unpaired) electrons. The lowest BCUT2D eigenvalue weighted by Crippen LogP contribution is -1.99. The van der Waals surface area contributed by atoms with Crippen molar-refractivity contribution < 1.29 is 0 Å². The summed E-state index contributed by atoms with van der Waals surface area (Å²) >= 11 is 0. The smallest absolute Gasteiger partial charge is 0.0730 e. The van der Waals surface area contributed by atoms with Gasteiger partial charge in [0.05, 0.1) is 61.2 Å². The number of rotatable bonds is 8. The monoisotopic (exact) mass is 1040 g/mol. The van der Waals surface area contributed by atoms with Crippen molar-refractivity contribution >= 4 is 87.2 Å². The van der Waals surface area contributed by atoms with Gasteiger partial charge in [-0.25, -0.2) is 4.98 Å². The minimum absolute atomic E-state index is 0.932. The van der Waals surface area contributed by atoms with E-state index < -0.39 is 0 Å². The van der Waals surface area contributed by atoms with Gasteiger partial charge in [-0.05, 0) is 119 Å². The van der Waals surface area contributed by atoms with Gasteiger partial charge in [-0.1, -0.05) is 200 Å². The minimum atomic E-state index is 0.932. The summed E-state index contributed by atoms with van der Waals surface area (Å²) in [7, 11) is 0. The van der Waals surface area contributed by atoms with Crippen molar-refractivity contribution in [2.75, 3.05) is 0 Å². The number of pyridine rings is 1. The molecule has 0 N–H and O–H groups in total. The maximum Gasteiger partial charge on any atom is 0.0730 e. The fourth-order valence-electron chi connectivity index (χ4n) is 13.3. The highest BCUT2D eigenvalue weighted by molar-refractivity contribution is 6.29. The van der Waals surface area contributed by atoms with Gasteiger partial charge in [-0.2, -0.15) is 0 Å². The largest absolute Gasteiger partial charge is 0.309 e. The Bertz CT molecular complexity index is 5260. The topological polar surface area (TPSA) is 32.6 Å². The van der Waals surface area contributed by atoms with Gasteiger partial charge in [0.25, 0.3) is 0 Å². The van der Waals surface area contributed by atoms with Gasteiger partial charge >= 0.3 is 0 Å². The highest BCUT2D eigenvalue weighted by atomic mass is 15.0.